The Labute approximate surface area is 183 Å². The second-order valence-electron chi connectivity index (χ2n) is 8.27. The zero-order valence-electron chi connectivity index (χ0n) is 18.7. The van der Waals surface area contributed by atoms with Gasteiger partial charge in [-0.2, -0.15) is 5.10 Å². The smallest absolute Gasteiger partial charge is 0.274 e. The molecular formula is C24H30N4O3. The van der Waals surface area contributed by atoms with Crippen molar-refractivity contribution in [1.82, 2.24) is 19.6 Å². The maximum absolute atomic E-state index is 12.8. The number of methoxy groups -OCH3 is 1. The predicted octanol–water partition coefficient (Wildman–Crippen LogP) is 3.30. The van der Waals surface area contributed by atoms with Crippen LogP contribution < -0.4 is 4.74 Å². The third-order valence-electron chi connectivity index (χ3n) is 5.77. The molecule has 1 aromatic carbocycles. The summed E-state index contributed by atoms with van der Waals surface area (Å²) in [6.07, 6.45) is 1.72. The fraction of sp³-hybridized carbons (Fsp3) is 0.417. The molecule has 7 heteroatoms. The Bertz CT molecular complexity index is 1050. The van der Waals surface area contributed by atoms with Gasteiger partial charge in [0.2, 0.25) is 0 Å². The molecule has 1 amide bonds. The number of rotatable bonds is 7. The monoisotopic (exact) mass is 422 g/mol. The molecule has 0 unspecified atom stereocenters. The van der Waals surface area contributed by atoms with Crippen molar-refractivity contribution in [2.24, 2.45) is 0 Å². The first-order valence-corrected chi connectivity index (χ1v) is 10.7. The number of nitrogens with zero attached hydrogens (tertiary/aromatic N) is 4. The Kier molecular flexibility index (Phi) is 6.13. The normalized spacial score (nSPS) is 13.8. The number of fused-ring (bicyclic) bond motifs is 1. The van der Waals surface area contributed by atoms with Crippen molar-refractivity contribution in [3.8, 4) is 5.75 Å². The van der Waals surface area contributed by atoms with Crippen LogP contribution in [0.2, 0.25) is 0 Å². The highest BCUT2D eigenvalue weighted by Gasteiger charge is 2.29. The molecule has 0 saturated heterocycles. The van der Waals surface area contributed by atoms with Crippen LogP contribution in [0, 0.1) is 6.92 Å². The highest BCUT2D eigenvalue weighted by atomic mass is 16.5. The molecule has 1 aliphatic rings. The zero-order valence-corrected chi connectivity index (χ0v) is 18.7. The number of aryl methyl sites for hydroxylation is 3. The average molecular weight is 423 g/mol. The molecule has 0 atom stereocenters. The Morgan fingerprint density at radius 1 is 1.19 bits per heavy atom. The topological polar surface area (TPSA) is 63.7 Å². The van der Waals surface area contributed by atoms with Gasteiger partial charge in [-0.25, -0.2) is 0 Å². The van der Waals surface area contributed by atoms with Crippen molar-refractivity contribution in [2.75, 3.05) is 27.7 Å². The summed E-state index contributed by atoms with van der Waals surface area (Å²) < 4.78 is 13.0. The van der Waals surface area contributed by atoms with Crippen LogP contribution in [0.5, 0.6) is 5.75 Å². The lowest BCUT2D eigenvalue weighted by Gasteiger charge is -2.27. The van der Waals surface area contributed by atoms with E-state index in [4.69, 9.17) is 14.3 Å². The maximum Gasteiger partial charge on any atom is 0.274 e. The summed E-state index contributed by atoms with van der Waals surface area (Å²) in [6.45, 7) is 5.05. The predicted molar refractivity (Wildman–Crippen MR) is 118 cm³/mol. The molecule has 0 N–H and O–H groups in total. The van der Waals surface area contributed by atoms with Gasteiger partial charge in [-0.1, -0.05) is 12.1 Å². The number of hydrogen-bond donors (Lipinski definition) is 0. The molecule has 3 aromatic rings. The van der Waals surface area contributed by atoms with Crippen molar-refractivity contribution in [2.45, 2.75) is 39.4 Å². The van der Waals surface area contributed by atoms with E-state index in [2.05, 4.69) is 17.0 Å². The SMILES string of the molecule is COc1ccc(CCn2nc(C(=O)N(C)C)c3c2CCN(Cc2ccc(C)o2)C3)cc1. The molecule has 3 heterocycles. The minimum absolute atomic E-state index is 0.0462. The number of furan rings is 1. The molecule has 2 aromatic heterocycles. The number of carbonyl (C=O) groups excluding carboxylic acids is 1. The second kappa shape index (κ2) is 8.98. The van der Waals surface area contributed by atoms with Crippen molar-refractivity contribution >= 4 is 5.91 Å². The number of hydrogen-bond acceptors (Lipinski definition) is 5. The summed E-state index contributed by atoms with van der Waals surface area (Å²) in [5.74, 6) is 2.68. The van der Waals surface area contributed by atoms with E-state index in [0.717, 1.165) is 55.3 Å². The van der Waals surface area contributed by atoms with E-state index in [9.17, 15) is 4.79 Å². The van der Waals surface area contributed by atoms with Crippen LogP contribution in [0.1, 0.15) is 38.8 Å². The molecule has 7 nitrogen and oxygen atoms in total. The van der Waals surface area contributed by atoms with Crippen molar-refractivity contribution < 1.29 is 13.9 Å². The van der Waals surface area contributed by atoms with Crippen LogP contribution in [0.25, 0.3) is 0 Å². The van der Waals surface area contributed by atoms with E-state index in [1.807, 2.05) is 35.9 Å². The minimum atomic E-state index is -0.0462. The third kappa shape index (κ3) is 4.66. The van der Waals surface area contributed by atoms with Gasteiger partial charge in [-0.05, 0) is 43.2 Å². The number of carbonyl (C=O) groups is 1. The summed E-state index contributed by atoms with van der Waals surface area (Å²) in [7, 11) is 5.22. The summed E-state index contributed by atoms with van der Waals surface area (Å²) in [5.41, 5.74) is 4.00. The van der Waals surface area contributed by atoms with Crippen LogP contribution in [0.15, 0.2) is 40.8 Å². The standard InChI is InChI=1S/C24H30N4O3/c1-17-5-8-20(31-17)15-27-13-12-22-21(16-27)23(24(29)26(2)3)25-28(22)14-11-18-6-9-19(30-4)10-7-18/h5-10H,11-16H2,1-4H3. The third-order valence-corrected chi connectivity index (χ3v) is 5.77. The number of amides is 1. The fourth-order valence-electron chi connectivity index (χ4n) is 4.07. The fourth-order valence-corrected chi connectivity index (χ4v) is 4.07. The second-order valence-corrected chi connectivity index (χ2v) is 8.27. The van der Waals surface area contributed by atoms with Gasteiger partial charge in [0.25, 0.3) is 5.91 Å². The van der Waals surface area contributed by atoms with E-state index >= 15 is 0 Å². The summed E-state index contributed by atoms with van der Waals surface area (Å²) in [6, 6.07) is 12.1. The molecule has 0 bridgehead atoms. The highest BCUT2D eigenvalue weighted by molar-refractivity contribution is 5.93. The van der Waals surface area contributed by atoms with Crippen LogP contribution in [-0.2, 0) is 32.5 Å². The van der Waals surface area contributed by atoms with E-state index in [1.165, 1.54) is 11.3 Å². The minimum Gasteiger partial charge on any atom is -0.497 e. The number of benzene rings is 1. The van der Waals surface area contributed by atoms with Crippen LogP contribution in [0.3, 0.4) is 0 Å². The summed E-state index contributed by atoms with van der Waals surface area (Å²) >= 11 is 0. The van der Waals surface area contributed by atoms with Crippen molar-refractivity contribution in [1.29, 1.82) is 0 Å². The molecule has 1 aliphatic heterocycles. The molecule has 0 aliphatic carbocycles. The van der Waals surface area contributed by atoms with E-state index in [0.29, 0.717) is 12.2 Å². The van der Waals surface area contributed by atoms with E-state index in [1.54, 1.807) is 26.1 Å². The first-order valence-electron chi connectivity index (χ1n) is 10.7. The van der Waals surface area contributed by atoms with Gasteiger partial charge in [0.15, 0.2) is 5.69 Å². The highest BCUT2D eigenvalue weighted by Crippen LogP contribution is 2.26. The van der Waals surface area contributed by atoms with Gasteiger partial charge < -0.3 is 14.1 Å². The molecule has 164 valence electrons. The van der Waals surface area contributed by atoms with Gasteiger partial charge in [0.1, 0.15) is 17.3 Å². The largest absolute Gasteiger partial charge is 0.497 e. The lowest BCUT2D eigenvalue weighted by Crippen LogP contribution is -2.32. The average Bonchev–Trinajstić information content (AvgIpc) is 3.34. The molecule has 0 saturated carbocycles. The molecule has 0 spiro atoms. The van der Waals surface area contributed by atoms with E-state index < -0.39 is 0 Å². The molecule has 4 rings (SSSR count). The Morgan fingerprint density at radius 3 is 2.61 bits per heavy atom. The van der Waals surface area contributed by atoms with Crippen molar-refractivity contribution in [3.05, 3.63) is 70.4 Å². The zero-order chi connectivity index (χ0) is 22.0. The van der Waals surface area contributed by atoms with Gasteiger partial charge >= 0.3 is 0 Å². The van der Waals surface area contributed by atoms with Crippen LogP contribution >= 0.6 is 0 Å². The quantitative estimate of drug-likeness (QED) is 0.585. The lowest BCUT2D eigenvalue weighted by atomic mass is 10.0. The van der Waals surface area contributed by atoms with Crippen LogP contribution in [-0.4, -0.2) is 53.2 Å². The van der Waals surface area contributed by atoms with Gasteiger partial charge in [0, 0.05) is 51.4 Å². The molecule has 0 radical (unpaired) electrons. The summed E-state index contributed by atoms with van der Waals surface area (Å²) in [5, 5.41) is 4.76. The first kappa shape index (κ1) is 21.2. The molecule has 0 fully saturated rings. The first-order chi connectivity index (χ1) is 14.9. The molecular weight excluding hydrogens is 392 g/mol. The Balaban J connectivity index is 1.54. The van der Waals surface area contributed by atoms with E-state index in [-0.39, 0.29) is 5.91 Å². The number of ether oxygens (including phenoxy) is 1. The van der Waals surface area contributed by atoms with Crippen molar-refractivity contribution in [3.63, 3.8) is 0 Å². The maximum atomic E-state index is 12.8. The summed E-state index contributed by atoms with van der Waals surface area (Å²) in [4.78, 5) is 16.8. The van der Waals surface area contributed by atoms with Gasteiger partial charge in [-0.15, -0.1) is 0 Å². The lowest BCUT2D eigenvalue weighted by molar-refractivity contribution is 0.0818. The van der Waals surface area contributed by atoms with Gasteiger partial charge in [0.05, 0.1) is 13.7 Å². The Morgan fingerprint density at radius 2 is 1.97 bits per heavy atom. The molecule has 31 heavy (non-hydrogen) atoms. The van der Waals surface area contributed by atoms with Crippen LogP contribution in [0.4, 0.5) is 0 Å². The Hall–Kier alpha value is -3.06. The van der Waals surface area contributed by atoms with Gasteiger partial charge in [-0.3, -0.25) is 14.4 Å². The number of aromatic nitrogens is 2.